The van der Waals surface area contributed by atoms with Gasteiger partial charge in [-0.25, -0.2) is 4.79 Å². The summed E-state index contributed by atoms with van der Waals surface area (Å²) in [5.74, 6) is 18.1. The summed E-state index contributed by atoms with van der Waals surface area (Å²) in [5.41, 5.74) is 5.98. The third kappa shape index (κ3) is 7.56. The molecule has 184 valence electrons. The number of hydrogen-bond acceptors (Lipinski definition) is 4. The summed E-state index contributed by atoms with van der Waals surface area (Å²) in [4.78, 5) is 11.6. The zero-order valence-corrected chi connectivity index (χ0v) is 21.0. The third-order valence-electron chi connectivity index (χ3n) is 5.50. The van der Waals surface area contributed by atoms with E-state index < -0.39 is 0 Å². The first-order valence-electron chi connectivity index (χ1n) is 12.2. The number of benzene rings is 4. The third-order valence-corrected chi connectivity index (χ3v) is 5.50. The van der Waals surface area contributed by atoms with E-state index in [1.54, 1.807) is 12.1 Å². The van der Waals surface area contributed by atoms with E-state index in [0.717, 1.165) is 33.6 Å². The fourth-order valence-corrected chi connectivity index (χ4v) is 3.56. The second-order valence-corrected chi connectivity index (χ2v) is 8.13. The van der Waals surface area contributed by atoms with Gasteiger partial charge in [0.05, 0.1) is 12.7 Å². The number of hydrogen-bond donors (Lipinski definition) is 2. The normalized spacial score (nSPS) is 9.39. The molecule has 4 heteroatoms. The Morgan fingerprint density at radius 2 is 1.13 bits per heavy atom. The number of ether oxygens (including phenoxy) is 1. The number of para-hydroxylation sites is 2. The summed E-state index contributed by atoms with van der Waals surface area (Å²) in [5, 5.41) is 6.91. The first kappa shape index (κ1) is 25.7. The van der Waals surface area contributed by atoms with Crippen molar-refractivity contribution < 1.29 is 9.53 Å². The van der Waals surface area contributed by atoms with Gasteiger partial charge in [-0.3, -0.25) is 0 Å². The molecule has 0 fully saturated rings. The van der Waals surface area contributed by atoms with Crippen molar-refractivity contribution in [2.75, 3.05) is 30.8 Å². The molecule has 0 spiro atoms. The average molecular weight is 495 g/mol. The Hall–Kier alpha value is -5.37. The molecule has 0 bridgehead atoms. The van der Waals surface area contributed by atoms with Crippen LogP contribution in [0.4, 0.5) is 11.4 Å². The molecule has 0 heterocycles. The van der Waals surface area contributed by atoms with Crippen LogP contribution in [-0.2, 0) is 4.74 Å². The first-order chi connectivity index (χ1) is 18.7. The van der Waals surface area contributed by atoms with Crippen LogP contribution >= 0.6 is 0 Å². The molecular formula is C34H26N2O2. The number of anilines is 2. The molecule has 0 unspecified atom stereocenters. The van der Waals surface area contributed by atoms with E-state index in [0.29, 0.717) is 18.7 Å². The SMILES string of the molecule is COC(=O)c1ccc(C#Cc2ccccc2NCCNc2ccccc2C#CC#Cc2ccccc2)cc1. The van der Waals surface area contributed by atoms with Gasteiger partial charge in [0.1, 0.15) is 0 Å². The standard InChI is InChI=1S/C34H26N2O2/c1-38-34(37)31-23-20-28(21-24-31)19-22-30-16-8-10-18-33(30)36-26-25-35-32-17-9-7-15-29(32)14-6-5-13-27-11-3-2-4-12-27/h2-4,7-12,15-18,20-21,23-24,35-36H,25-26H2,1H3. The lowest BCUT2D eigenvalue weighted by Gasteiger charge is -2.11. The molecular weight excluding hydrogens is 468 g/mol. The van der Waals surface area contributed by atoms with E-state index in [2.05, 4.69) is 46.2 Å². The second-order valence-electron chi connectivity index (χ2n) is 8.13. The highest BCUT2D eigenvalue weighted by Crippen LogP contribution is 2.15. The van der Waals surface area contributed by atoms with E-state index in [-0.39, 0.29) is 5.97 Å². The summed E-state index contributed by atoms with van der Waals surface area (Å²) >= 11 is 0. The van der Waals surface area contributed by atoms with E-state index in [1.807, 2.05) is 91.0 Å². The first-order valence-corrected chi connectivity index (χ1v) is 12.2. The minimum Gasteiger partial charge on any atom is -0.465 e. The maximum absolute atomic E-state index is 11.6. The molecule has 4 nitrogen and oxygen atoms in total. The Morgan fingerprint density at radius 3 is 1.76 bits per heavy atom. The van der Waals surface area contributed by atoms with Crippen molar-refractivity contribution >= 4 is 17.3 Å². The fourth-order valence-electron chi connectivity index (χ4n) is 3.56. The lowest BCUT2D eigenvalue weighted by molar-refractivity contribution is 0.0600. The molecule has 0 aliphatic heterocycles. The molecule has 0 saturated heterocycles. The minimum atomic E-state index is -0.362. The van der Waals surface area contributed by atoms with Gasteiger partial charge in [-0.05, 0) is 72.5 Å². The monoisotopic (exact) mass is 494 g/mol. The predicted octanol–water partition coefficient (Wildman–Crippen LogP) is 5.80. The van der Waals surface area contributed by atoms with Crippen molar-refractivity contribution in [2.24, 2.45) is 0 Å². The van der Waals surface area contributed by atoms with Crippen LogP contribution in [0.3, 0.4) is 0 Å². The number of carbonyl (C=O) groups excluding carboxylic acids is 1. The van der Waals surface area contributed by atoms with Crippen LogP contribution in [0, 0.1) is 35.5 Å². The van der Waals surface area contributed by atoms with Gasteiger partial charge in [0.15, 0.2) is 0 Å². The van der Waals surface area contributed by atoms with Gasteiger partial charge in [0, 0.05) is 46.7 Å². The molecule has 0 radical (unpaired) electrons. The van der Waals surface area contributed by atoms with Crippen molar-refractivity contribution in [3.63, 3.8) is 0 Å². The van der Waals surface area contributed by atoms with Crippen LogP contribution in [0.25, 0.3) is 0 Å². The van der Waals surface area contributed by atoms with Crippen LogP contribution in [0.5, 0.6) is 0 Å². The lowest BCUT2D eigenvalue weighted by Crippen LogP contribution is -2.14. The van der Waals surface area contributed by atoms with Crippen molar-refractivity contribution in [1.29, 1.82) is 0 Å². The molecule has 4 rings (SSSR count). The second kappa shape index (κ2) is 13.6. The van der Waals surface area contributed by atoms with Crippen molar-refractivity contribution in [3.05, 3.63) is 131 Å². The highest BCUT2D eigenvalue weighted by molar-refractivity contribution is 5.89. The highest BCUT2D eigenvalue weighted by Gasteiger charge is 2.04. The van der Waals surface area contributed by atoms with Crippen LogP contribution < -0.4 is 10.6 Å². The van der Waals surface area contributed by atoms with Gasteiger partial charge in [-0.15, -0.1) is 0 Å². The summed E-state index contributed by atoms with van der Waals surface area (Å²) in [6, 6.07) is 32.7. The highest BCUT2D eigenvalue weighted by atomic mass is 16.5. The minimum absolute atomic E-state index is 0.362. The van der Waals surface area contributed by atoms with Gasteiger partial charge in [0.2, 0.25) is 0 Å². The quantitative estimate of drug-likeness (QED) is 0.202. The van der Waals surface area contributed by atoms with E-state index >= 15 is 0 Å². The van der Waals surface area contributed by atoms with Gasteiger partial charge >= 0.3 is 5.97 Å². The number of nitrogens with one attached hydrogen (secondary N) is 2. The van der Waals surface area contributed by atoms with Gasteiger partial charge in [-0.2, -0.15) is 0 Å². The van der Waals surface area contributed by atoms with Gasteiger partial charge in [-0.1, -0.05) is 66.1 Å². The summed E-state index contributed by atoms with van der Waals surface area (Å²) in [7, 11) is 1.37. The largest absolute Gasteiger partial charge is 0.465 e. The lowest BCUT2D eigenvalue weighted by atomic mass is 10.1. The molecule has 38 heavy (non-hydrogen) atoms. The molecule has 0 saturated carbocycles. The van der Waals surface area contributed by atoms with Crippen molar-refractivity contribution in [2.45, 2.75) is 0 Å². The molecule has 4 aromatic carbocycles. The smallest absolute Gasteiger partial charge is 0.337 e. The Kier molecular flexibility index (Phi) is 9.24. The van der Waals surface area contributed by atoms with Gasteiger partial charge < -0.3 is 15.4 Å². The average Bonchev–Trinajstić information content (AvgIpc) is 2.98. The van der Waals surface area contributed by atoms with E-state index in [1.165, 1.54) is 7.11 Å². The van der Waals surface area contributed by atoms with Crippen LogP contribution in [0.1, 0.15) is 32.6 Å². The van der Waals surface area contributed by atoms with Crippen LogP contribution in [0.15, 0.2) is 103 Å². The predicted molar refractivity (Wildman–Crippen MR) is 154 cm³/mol. The van der Waals surface area contributed by atoms with Gasteiger partial charge in [0.25, 0.3) is 0 Å². The van der Waals surface area contributed by atoms with Crippen molar-refractivity contribution in [1.82, 2.24) is 0 Å². The maximum atomic E-state index is 11.6. The van der Waals surface area contributed by atoms with E-state index in [9.17, 15) is 4.79 Å². The Balaban J connectivity index is 1.34. The van der Waals surface area contributed by atoms with Crippen LogP contribution in [-0.4, -0.2) is 26.2 Å². The van der Waals surface area contributed by atoms with E-state index in [4.69, 9.17) is 4.74 Å². The molecule has 4 aromatic rings. The summed E-state index contributed by atoms with van der Waals surface area (Å²) < 4.78 is 4.74. The zero-order valence-electron chi connectivity index (χ0n) is 21.0. The summed E-state index contributed by atoms with van der Waals surface area (Å²) in [6.07, 6.45) is 0. The van der Waals surface area contributed by atoms with Crippen LogP contribution in [0.2, 0.25) is 0 Å². The number of rotatable bonds is 6. The molecule has 0 amide bonds. The molecule has 0 aliphatic carbocycles. The summed E-state index contributed by atoms with van der Waals surface area (Å²) in [6.45, 7) is 1.40. The molecule has 0 aliphatic rings. The topological polar surface area (TPSA) is 50.4 Å². The Morgan fingerprint density at radius 1 is 0.605 bits per heavy atom. The number of methoxy groups -OCH3 is 1. The molecule has 2 N–H and O–H groups in total. The zero-order chi connectivity index (χ0) is 26.4. The Bertz CT molecular complexity index is 1570. The number of esters is 1. The Labute approximate surface area is 224 Å². The maximum Gasteiger partial charge on any atom is 0.337 e. The molecule has 0 atom stereocenters. The molecule has 0 aromatic heterocycles. The van der Waals surface area contributed by atoms with Crippen molar-refractivity contribution in [3.8, 4) is 35.5 Å². The number of carbonyl (C=O) groups is 1. The fraction of sp³-hybridized carbons (Fsp3) is 0.0882.